The molecule has 0 bridgehead atoms. The highest BCUT2D eigenvalue weighted by Crippen LogP contribution is 2.31. The Balaban J connectivity index is 1.61. The van der Waals surface area contributed by atoms with Gasteiger partial charge >= 0.3 is 0 Å². The number of aromatic nitrogens is 3. The maximum Gasteiger partial charge on any atom is 0.150 e. The van der Waals surface area contributed by atoms with Crippen LogP contribution in [0.2, 0.25) is 0 Å². The molecular formula is C23H24N6. The molecule has 0 unspecified atom stereocenters. The zero-order chi connectivity index (χ0) is 20.1. The number of anilines is 3. The van der Waals surface area contributed by atoms with E-state index in [0.717, 1.165) is 42.7 Å². The molecule has 6 nitrogen and oxygen atoms in total. The molecule has 2 aromatic heterocycles. The Hall–Kier alpha value is -3.43. The predicted molar refractivity (Wildman–Crippen MR) is 117 cm³/mol. The number of hydrogen-bond acceptors (Lipinski definition) is 6. The maximum atomic E-state index is 5.35. The van der Waals surface area contributed by atoms with Crippen LogP contribution in [0.3, 0.4) is 0 Å². The highest BCUT2D eigenvalue weighted by Gasteiger charge is 2.18. The van der Waals surface area contributed by atoms with E-state index in [2.05, 4.69) is 55.6 Å². The molecule has 0 atom stereocenters. The summed E-state index contributed by atoms with van der Waals surface area (Å²) in [6.45, 7) is 2.21. The molecule has 29 heavy (non-hydrogen) atoms. The van der Waals surface area contributed by atoms with Crippen LogP contribution in [0.4, 0.5) is 17.3 Å². The Labute approximate surface area is 171 Å². The van der Waals surface area contributed by atoms with Crippen LogP contribution in [0.15, 0.2) is 55.0 Å². The molecule has 0 spiro atoms. The summed E-state index contributed by atoms with van der Waals surface area (Å²) < 4.78 is 0. The van der Waals surface area contributed by atoms with Gasteiger partial charge in [-0.2, -0.15) is 0 Å². The van der Waals surface area contributed by atoms with Gasteiger partial charge < -0.3 is 15.5 Å². The van der Waals surface area contributed by atoms with E-state index in [0.29, 0.717) is 23.4 Å². The molecule has 6 heteroatoms. The summed E-state index contributed by atoms with van der Waals surface area (Å²) in [5.41, 5.74) is 3.80. The van der Waals surface area contributed by atoms with Gasteiger partial charge in [0.1, 0.15) is 17.3 Å². The van der Waals surface area contributed by atoms with E-state index in [1.165, 1.54) is 0 Å². The zero-order valence-corrected chi connectivity index (χ0v) is 16.5. The van der Waals surface area contributed by atoms with Crippen molar-refractivity contribution in [1.29, 1.82) is 0 Å². The molecule has 2 N–H and O–H groups in total. The van der Waals surface area contributed by atoms with Crippen molar-refractivity contribution < 1.29 is 0 Å². The van der Waals surface area contributed by atoms with Crippen LogP contribution >= 0.6 is 0 Å². The molecular weight excluding hydrogens is 360 g/mol. The molecule has 1 aliphatic rings. The number of rotatable bonds is 5. The molecule has 0 aliphatic carbocycles. The van der Waals surface area contributed by atoms with E-state index in [1.807, 2.05) is 30.5 Å². The largest absolute Gasteiger partial charge is 0.382 e. The number of hydrogen-bond donors (Lipinski definition) is 2. The van der Waals surface area contributed by atoms with Gasteiger partial charge in [0.05, 0.1) is 12.4 Å². The highest BCUT2D eigenvalue weighted by atomic mass is 15.1. The third-order valence-electron chi connectivity index (χ3n) is 5.12. The van der Waals surface area contributed by atoms with Crippen molar-refractivity contribution >= 4 is 17.3 Å². The summed E-state index contributed by atoms with van der Waals surface area (Å²) >= 11 is 0. The van der Waals surface area contributed by atoms with E-state index < -0.39 is 0 Å². The van der Waals surface area contributed by atoms with Crippen LogP contribution in [0.25, 0.3) is 11.1 Å². The first kappa shape index (κ1) is 18.9. The molecule has 1 saturated heterocycles. The second kappa shape index (κ2) is 8.72. The predicted octanol–water partition coefficient (Wildman–Crippen LogP) is 3.77. The minimum atomic E-state index is 0.443. The van der Waals surface area contributed by atoms with Crippen molar-refractivity contribution in [2.24, 2.45) is 0 Å². The van der Waals surface area contributed by atoms with Crippen molar-refractivity contribution in [3.63, 3.8) is 0 Å². The van der Waals surface area contributed by atoms with Gasteiger partial charge in [0.15, 0.2) is 0 Å². The van der Waals surface area contributed by atoms with Crippen molar-refractivity contribution in [3.8, 4) is 23.5 Å². The number of terminal acetylenes is 1. The normalized spacial score (nSPS) is 14.9. The first-order valence-corrected chi connectivity index (χ1v) is 9.77. The Bertz CT molecular complexity index is 986. The standard InChI is InChI=1S/C23H24N6/c1-3-18-14-25-23(16-24-18)28-22-13-21(27-19-9-11-29(2)12-10-19)20(15-26-22)17-7-5-4-6-8-17/h1,4-8,13-16,19H,9-12H2,2H3,(H2,25,26,27,28). The molecule has 1 aliphatic heterocycles. The molecule has 1 fully saturated rings. The van der Waals surface area contributed by atoms with E-state index in [4.69, 9.17) is 6.42 Å². The average Bonchev–Trinajstić information content (AvgIpc) is 2.77. The molecule has 3 heterocycles. The summed E-state index contributed by atoms with van der Waals surface area (Å²) in [4.78, 5) is 15.4. The minimum Gasteiger partial charge on any atom is -0.382 e. The highest BCUT2D eigenvalue weighted by molar-refractivity contribution is 5.79. The van der Waals surface area contributed by atoms with Gasteiger partial charge in [-0.25, -0.2) is 15.0 Å². The molecule has 146 valence electrons. The maximum absolute atomic E-state index is 5.35. The number of nitrogens with zero attached hydrogens (tertiary/aromatic N) is 4. The summed E-state index contributed by atoms with van der Waals surface area (Å²) in [6, 6.07) is 12.8. The summed E-state index contributed by atoms with van der Waals surface area (Å²) in [5.74, 6) is 3.79. The fourth-order valence-corrected chi connectivity index (χ4v) is 3.46. The average molecular weight is 384 g/mol. The fraction of sp³-hybridized carbons (Fsp3) is 0.261. The zero-order valence-electron chi connectivity index (χ0n) is 16.5. The first-order valence-electron chi connectivity index (χ1n) is 9.77. The van der Waals surface area contributed by atoms with E-state index in [-0.39, 0.29) is 0 Å². The SMILES string of the molecule is C#Cc1cnc(Nc2cc(NC3CCN(C)CC3)c(-c3ccccc3)cn2)cn1. The molecule has 0 amide bonds. The number of benzene rings is 1. The van der Waals surface area contributed by atoms with E-state index in [1.54, 1.807) is 12.4 Å². The van der Waals surface area contributed by atoms with Gasteiger partial charge in [0.2, 0.25) is 0 Å². The third kappa shape index (κ3) is 4.71. The van der Waals surface area contributed by atoms with Crippen LogP contribution in [0.1, 0.15) is 18.5 Å². The second-order valence-corrected chi connectivity index (χ2v) is 7.26. The Morgan fingerprint density at radius 3 is 2.45 bits per heavy atom. The molecule has 0 radical (unpaired) electrons. The van der Waals surface area contributed by atoms with Crippen LogP contribution in [-0.4, -0.2) is 46.0 Å². The van der Waals surface area contributed by atoms with Crippen molar-refractivity contribution in [2.45, 2.75) is 18.9 Å². The van der Waals surface area contributed by atoms with E-state index in [9.17, 15) is 0 Å². The number of nitrogens with one attached hydrogen (secondary N) is 2. The van der Waals surface area contributed by atoms with Crippen LogP contribution in [0.5, 0.6) is 0 Å². The third-order valence-corrected chi connectivity index (χ3v) is 5.12. The van der Waals surface area contributed by atoms with Gasteiger partial charge in [-0.3, -0.25) is 0 Å². The molecule has 4 rings (SSSR count). The quantitative estimate of drug-likeness (QED) is 0.653. The molecule has 0 saturated carbocycles. The smallest absolute Gasteiger partial charge is 0.150 e. The van der Waals surface area contributed by atoms with Crippen LogP contribution < -0.4 is 10.6 Å². The first-order chi connectivity index (χ1) is 14.2. The van der Waals surface area contributed by atoms with Crippen LogP contribution in [-0.2, 0) is 0 Å². The lowest BCUT2D eigenvalue weighted by atomic mass is 10.0. The topological polar surface area (TPSA) is 66.0 Å². The lowest BCUT2D eigenvalue weighted by Gasteiger charge is -2.30. The summed E-state index contributed by atoms with van der Waals surface area (Å²) in [7, 11) is 2.17. The monoisotopic (exact) mass is 384 g/mol. The lowest BCUT2D eigenvalue weighted by Crippen LogP contribution is -2.36. The fourth-order valence-electron chi connectivity index (χ4n) is 3.46. The van der Waals surface area contributed by atoms with Gasteiger partial charge in [-0.05, 0) is 44.5 Å². The lowest BCUT2D eigenvalue weighted by molar-refractivity contribution is 0.264. The van der Waals surface area contributed by atoms with Gasteiger partial charge in [0, 0.05) is 29.6 Å². The van der Waals surface area contributed by atoms with E-state index >= 15 is 0 Å². The molecule has 1 aromatic carbocycles. The van der Waals surface area contributed by atoms with Crippen molar-refractivity contribution in [3.05, 3.63) is 60.7 Å². The Morgan fingerprint density at radius 2 is 1.76 bits per heavy atom. The van der Waals surface area contributed by atoms with Gasteiger partial charge in [0.25, 0.3) is 0 Å². The van der Waals surface area contributed by atoms with Crippen LogP contribution in [0, 0.1) is 12.3 Å². The number of piperidine rings is 1. The minimum absolute atomic E-state index is 0.443. The van der Waals surface area contributed by atoms with Gasteiger partial charge in [-0.15, -0.1) is 6.42 Å². The Kier molecular flexibility index (Phi) is 5.68. The van der Waals surface area contributed by atoms with Crippen molar-refractivity contribution in [2.75, 3.05) is 30.8 Å². The summed E-state index contributed by atoms with van der Waals surface area (Å²) in [6.07, 6.45) is 12.7. The van der Waals surface area contributed by atoms with Crippen molar-refractivity contribution in [1.82, 2.24) is 19.9 Å². The summed E-state index contributed by atoms with van der Waals surface area (Å²) in [5, 5.41) is 6.96. The number of likely N-dealkylation sites (tertiary alicyclic amines) is 1. The number of pyridine rings is 1. The molecule has 3 aromatic rings. The van der Waals surface area contributed by atoms with Gasteiger partial charge in [-0.1, -0.05) is 30.3 Å². The Morgan fingerprint density at radius 1 is 1.00 bits per heavy atom. The second-order valence-electron chi connectivity index (χ2n) is 7.26.